The zero-order valence-electron chi connectivity index (χ0n) is 12.5. The molecule has 2 fully saturated rings. The van der Waals surface area contributed by atoms with Crippen molar-refractivity contribution >= 4 is 11.6 Å². The summed E-state index contributed by atoms with van der Waals surface area (Å²) in [5.74, 6) is 0. The highest BCUT2D eigenvalue weighted by Gasteiger charge is 2.28. The van der Waals surface area contributed by atoms with Crippen molar-refractivity contribution in [3.8, 4) is 0 Å². The number of halogens is 1. The van der Waals surface area contributed by atoms with Crippen LogP contribution in [0.25, 0.3) is 0 Å². The summed E-state index contributed by atoms with van der Waals surface area (Å²) in [6.45, 7) is 5.37. The number of nitrogens with zero attached hydrogens (tertiary/aromatic N) is 2. The van der Waals surface area contributed by atoms with E-state index >= 15 is 0 Å². The smallest absolute Gasteiger partial charge is 0.0931 e. The van der Waals surface area contributed by atoms with Gasteiger partial charge in [0, 0.05) is 29.7 Å². The molecule has 1 N–H and O–H groups in total. The summed E-state index contributed by atoms with van der Waals surface area (Å²) in [5.41, 5.74) is 0.850. The van der Waals surface area contributed by atoms with Crippen LogP contribution in [0.4, 0.5) is 0 Å². The third kappa shape index (κ3) is 3.78. The van der Waals surface area contributed by atoms with Crippen LogP contribution in [-0.2, 0) is 0 Å². The number of hydrogen-bond donors (Lipinski definition) is 1. The van der Waals surface area contributed by atoms with E-state index in [9.17, 15) is 5.11 Å². The van der Waals surface area contributed by atoms with Gasteiger partial charge in [0.2, 0.25) is 0 Å². The minimum absolute atomic E-state index is 0.490. The maximum atomic E-state index is 10.5. The lowest BCUT2D eigenvalue weighted by atomic mass is 10.0. The first-order valence-corrected chi connectivity index (χ1v) is 8.51. The second-order valence-electron chi connectivity index (χ2n) is 6.34. The number of aliphatic hydroxyl groups excluding tert-OH is 1. The highest BCUT2D eigenvalue weighted by atomic mass is 35.5. The van der Waals surface area contributed by atoms with Gasteiger partial charge < -0.3 is 5.11 Å². The molecule has 2 saturated heterocycles. The first kappa shape index (κ1) is 15.3. The first-order valence-electron chi connectivity index (χ1n) is 8.13. The third-order valence-electron chi connectivity index (χ3n) is 4.83. The van der Waals surface area contributed by atoms with Gasteiger partial charge in [0.15, 0.2) is 0 Å². The molecular weight excluding hydrogens is 284 g/mol. The fourth-order valence-electron chi connectivity index (χ4n) is 3.69. The van der Waals surface area contributed by atoms with Crippen LogP contribution in [0.1, 0.15) is 37.4 Å². The summed E-state index contributed by atoms with van der Waals surface area (Å²) < 4.78 is 0. The van der Waals surface area contributed by atoms with Crippen molar-refractivity contribution in [3.63, 3.8) is 0 Å². The Hall–Kier alpha value is -0.610. The van der Waals surface area contributed by atoms with Crippen LogP contribution in [0.2, 0.25) is 5.02 Å². The molecule has 0 aromatic heterocycles. The number of hydrogen-bond acceptors (Lipinski definition) is 3. The molecule has 1 aromatic rings. The van der Waals surface area contributed by atoms with E-state index in [1.165, 1.54) is 38.8 Å². The Balaban J connectivity index is 1.58. The Bertz CT molecular complexity index is 462. The van der Waals surface area contributed by atoms with Crippen molar-refractivity contribution in [2.75, 3.05) is 32.7 Å². The lowest BCUT2D eigenvalue weighted by molar-refractivity contribution is 0.0651. The van der Waals surface area contributed by atoms with Gasteiger partial charge >= 0.3 is 0 Å². The molecular formula is C17H25ClN2O. The van der Waals surface area contributed by atoms with Crippen LogP contribution in [0.5, 0.6) is 0 Å². The quantitative estimate of drug-likeness (QED) is 0.926. The van der Waals surface area contributed by atoms with Gasteiger partial charge in [-0.15, -0.1) is 0 Å². The summed E-state index contributed by atoms with van der Waals surface area (Å²) in [4.78, 5) is 5.04. The minimum Gasteiger partial charge on any atom is -0.387 e. The van der Waals surface area contributed by atoms with Crippen LogP contribution in [0.15, 0.2) is 24.3 Å². The zero-order chi connectivity index (χ0) is 14.7. The zero-order valence-corrected chi connectivity index (χ0v) is 13.3. The van der Waals surface area contributed by atoms with E-state index in [2.05, 4.69) is 9.80 Å². The second kappa shape index (κ2) is 7.10. The molecule has 4 heteroatoms. The topological polar surface area (TPSA) is 26.7 Å². The van der Waals surface area contributed by atoms with Crippen molar-refractivity contribution < 1.29 is 5.11 Å². The number of likely N-dealkylation sites (tertiary alicyclic amines) is 2. The average molecular weight is 309 g/mol. The number of β-amino-alcohol motifs (C(OH)–C–C–N with tert-alkyl or cyclic N) is 1. The molecule has 2 atom stereocenters. The normalized spacial score (nSPS) is 26.1. The van der Waals surface area contributed by atoms with E-state index in [0.29, 0.717) is 17.6 Å². The Morgan fingerprint density at radius 2 is 1.90 bits per heavy atom. The molecule has 116 valence electrons. The summed E-state index contributed by atoms with van der Waals surface area (Å²) in [5, 5.41) is 11.1. The van der Waals surface area contributed by atoms with Gasteiger partial charge in [0.05, 0.1) is 6.10 Å². The van der Waals surface area contributed by atoms with E-state index in [0.717, 1.165) is 18.7 Å². The lowest BCUT2D eigenvalue weighted by Gasteiger charge is -2.38. The molecule has 0 aliphatic carbocycles. The van der Waals surface area contributed by atoms with E-state index in [4.69, 9.17) is 11.6 Å². The Kier molecular flexibility index (Phi) is 5.17. The van der Waals surface area contributed by atoms with Gasteiger partial charge in [-0.1, -0.05) is 29.8 Å². The summed E-state index contributed by atoms with van der Waals surface area (Å²) in [7, 11) is 0. The van der Waals surface area contributed by atoms with Crippen molar-refractivity contribution in [2.24, 2.45) is 0 Å². The largest absolute Gasteiger partial charge is 0.387 e. The highest BCUT2D eigenvalue weighted by Crippen LogP contribution is 2.26. The van der Waals surface area contributed by atoms with E-state index in [1.807, 2.05) is 24.3 Å². The fraction of sp³-hybridized carbons (Fsp3) is 0.647. The number of rotatable bonds is 4. The Morgan fingerprint density at radius 3 is 2.67 bits per heavy atom. The molecule has 3 nitrogen and oxygen atoms in total. The van der Waals surface area contributed by atoms with Crippen LogP contribution in [-0.4, -0.2) is 53.7 Å². The van der Waals surface area contributed by atoms with E-state index in [-0.39, 0.29) is 0 Å². The molecule has 0 unspecified atom stereocenters. The Morgan fingerprint density at radius 1 is 1.14 bits per heavy atom. The van der Waals surface area contributed by atoms with Crippen molar-refractivity contribution in [1.29, 1.82) is 0 Å². The van der Waals surface area contributed by atoms with Gasteiger partial charge in [-0.05, 0) is 51.4 Å². The first-order chi connectivity index (χ1) is 10.2. The summed E-state index contributed by atoms with van der Waals surface area (Å²) >= 11 is 6.18. The van der Waals surface area contributed by atoms with Gasteiger partial charge in [-0.25, -0.2) is 0 Å². The number of benzene rings is 1. The molecule has 1 aromatic carbocycles. The number of piperidine rings is 1. The summed E-state index contributed by atoms with van der Waals surface area (Å²) in [6.07, 6.45) is 4.74. The standard InChI is InChI=1S/C17H25ClN2O/c18-16-8-2-1-7-15(16)17(21)13-19-9-5-6-14(12-19)20-10-3-4-11-20/h1-2,7-8,14,17,21H,3-6,9-13H2/t14-,17+/m0/s1. The lowest BCUT2D eigenvalue weighted by Crippen LogP contribution is -2.47. The molecule has 2 aliphatic heterocycles. The third-order valence-corrected chi connectivity index (χ3v) is 5.18. The highest BCUT2D eigenvalue weighted by molar-refractivity contribution is 6.31. The van der Waals surface area contributed by atoms with Crippen molar-refractivity contribution in [2.45, 2.75) is 37.8 Å². The molecule has 0 amide bonds. The van der Waals surface area contributed by atoms with Crippen LogP contribution < -0.4 is 0 Å². The molecule has 2 heterocycles. The molecule has 2 aliphatic rings. The fourth-order valence-corrected chi connectivity index (χ4v) is 3.95. The van der Waals surface area contributed by atoms with E-state index in [1.54, 1.807) is 0 Å². The van der Waals surface area contributed by atoms with Crippen molar-refractivity contribution in [3.05, 3.63) is 34.9 Å². The molecule has 0 spiro atoms. The average Bonchev–Trinajstić information content (AvgIpc) is 3.02. The maximum Gasteiger partial charge on any atom is 0.0931 e. The minimum atomic E-state index is -0.490. The SMILES string of the molecule is O[C@H](CN1CCC[C@H](N2CCCC2)C1)c1ccccc1Cl. The van der Waals surface area contributed by atoms with Gasteiger partial charge in [-0.2, -0.15) is 0 Å². The molecule has 0 bridgehead atoms. The predicted molar refractivity (Wildman–Crippen MR) is 86.7 cm³/mol. The van der Waals surface area contributed by atoms with Crippen molar-refractivity contribution in [1.82, 2.24) is 9.80 Å². The Labute approximate surface area is 132 Å². The molecule has 3 rings (SSSR count). The van der Waals surface area contributed by atoms with Crippen LogP contribution >= 0.6 is 11.6 Å². The molecule has 0 saturated carbocycles. The summed E-state index contributed by atoms with van der Waals surface area (Å²) in [6, 6.07) is 8.30. The van der Waals surface area contributed by atoms with Crippen LogP contribution in [0, 0.1) is 0 Å². The maximum absolute atomic E-state index is 10.5. The second-order valence-corrected chi connectivity index (χ2v) is 6.74. The van der Waals surface area contributed by atoms with Crippen LogP contribution in [0.3, 0.4) is 0 Å². The number of aliphatic hydroxyl groups is 1. The predicted octanol–water partition coefficient (Wildman–Crippen LogP) is 2.93. The monoisotopic (exact) mass is 308 g/mol. The molecule has 21 heavy (non-hydrogen) atoms. The van der Waals surface area contributed by atoms with E-state index < -0.39 is 6.10 Å². The van der Waals surface area contributed by atoms with Gasteiger partial charge in [-0.3, -0.25) is 9.80 Å². The van der Waals surface area contributed by atoms with Gasteiger partial charge in [0.25, 0.3) is 0 Å². The molecule has 0 radical (unpaired) electrons. The van der Waals surface area contributed by atoms with Gasteiger partial charge in [0.1, 0.15) is 0 Å².